The summed E-state index contributed by atoms with van der Waals surface area (Å²) >= 11 is 0. The van der Waals surface area contributed by atoms with Crippen LogP contribution in [0, 0.1) is 5.92 Å². The first kappa shape index (κ1) is 21.7. The van der Waals surface area contributed by atoms with Crippen molar-refractivity contribution in [1.82, 2.24) is 24.0 Å². The number of nitrogens with one attached hydrogen (secondary N) is 1. The largest absolute Gasteiger partial charge is 0.360 e. The van der Waals surface area contributed by atoms with Gasteiger partial charge in [-0.1, -0.05) is 12.1 Å². The van der Waals surface area contributed by atoms with E-state index in [0.29, 0.717) is 31.1 Å². The Morgan fingerprint density at radius 1 is 1.20 bits per heavy atom. The fraction of sp³-hybridized carbons (Fsp3) is 0.800. The molecule has 0 spiro atoms. The number of rotatable bonds is 6. The Bertz CT molecular complexity index is 860. The average molecular weight is 440 g/mol. The van der Waals surface area contributed by atoms with Crippen LogP contribution in [-0.2, 0) is 10.2 Å². The smallest absolute Gasteiger partial charge is 0.281 e. The van der Waals surface area contributed by atoms with Gasteiger partial charge in [0.25, 0.3) is 16.1 Å². The van der Waals surface area contributed by atoms with E-state index < -0.39 is 10.2 Å². The van der Waals surface area contributed by atoms with Gasteiger partial charge in [-0.05, 0) is 58.2 Å². The predicted octanol–water partition coefficient (Wildman–Crippen LogP) is 1.26. The van der Waals surface area contributed by atoms with Crippen LogP contribution in [-0.4, -0.2) is 85.4 Å². The average Bonchev–Trinajstić information content (AvgIpc) is 3.45. The van der Waals surface area contributed by atoms with Gasteiger partial charge >= 0.3 is 0 Å². The van der Waals surface area contributed by atoms with Crippen LogP contribution in [0.2, 0.25) is 0 Å². The summed E-state index contributed by atoms with van der Waals surface area (Å²) in [5.74, 6) is 0.958. The van der Waals surface area contributed by atoms with Crippen molar-refractivity contribution in [3.05, 3.63) is 17.5 Å². The number of hydrogen-bond acceptors (Lipinski definition) is 6. The maximum Gasteiger partial charge on any atom is 0.281 e. The third-order valence-corrected chi connectivity index (χ3v) is 8.83. The summed E-state index contributed by atoms with van der Waals surface area (Å²) < 4.78 is 34.7. The van der Waals surface area contributed by atoms with E-state index in [1.54, 1.807) is 21.7 Å². The predicted molar refractivity (Wildman–Crippen MR) is 112 cm³/mol. The van der Waals surface area contributed by atoms with E-state index >= 15 is 0 Å². The van der Waals surface area contributed by atoms with Crippen LogP contribution < -0.4 is 5.32 Å². The number of likely N-dealkylation sites (tertiary alicyclic amines) is 1. The highest BCUT2D eigenvalue weighted by Crippen LogP contribution is 2.40. The maximum atomic E-state index is 13.2. The van der Waals surface area contributed by atoms with Crippen molar-refractivity contribution in [1.29, 1.82) is 0 Å². The van der Waals surface area contributed by atoms with Crippen molar-refractivity contribution >= 4 is 16.1 Å². The molecule has 0 radical (unpaired) electrons. The molecule has 1 saturated carbocycles. The Kier molecular flexibility index (Phi) is 6.20. The highest BCUT2D eigenvalue weighted by molar-refractivity contribution is 7.86. The molecule has 1 aliphatic carbocycles. The van der Waals surface area contributed by atoms with Crippen molar-refractivity contribution in [3.63, 3.8) is 0 Å². The number of piperidine rings is 2. The van der Waals surface area contributed by atoms with Gasteiger partial charge in [0.2, 0.25) is 0 Å². The van der Waals surface area contributed by atoms with E-state index in [1.165, 1.54) is 0 Å². The van der Waals surface area contributed by atoms with Crippen LogP contribution in [0.4, 0.5) is 0 Å². The van der Waals surface area contributed by atoms with E-state index in [0.717, 1.165) is 44.5 Å². The Morgan fingerprint density at radius 3 is 2.53 bits per heavy atom. The van der Waals surface area contributed by atoms with E-state index in [2.05, 4.69) is 22.4 Å². The van der Waals surface area contributed by atoms with Gasteiger partial charge in [0.15, 0.2) is 5.69 Å². The lowest BCUT2D eigenvalue weighted by molar-refractivity contribution is 0.0889. The fourth-order valence-corrected chi connectivity index (χ4v) is 6.17. The minimum Gasteiger partial charge on any atom is -0.360 e. The molecule has 1 N–H and O–H groups in total. The van der Waals surface area contributed by atoms with Crippen molar-refractivity contribution in [2.75, 3.05) is 40.3 Å². The molecule has 1 aromatic rings. The summed E-state index contributed by atoms with van der Waals surface area (Å²) in [6, 6.07) is 1.69. The number of carbonyl (C=O) groups is 1. The lowest BCUT2D eigenvalue weighted by Crippen LogP contribution is -2.56. The quantitative estimate of drug-likeness (QED) is 0.717. The Labute approximate surface area is 178 Å². The summed E-state index contributed by atoms with van der Waals surface area (Å²) in [5, 5.41) is 6.92. The molecule has 0 unspecified atom stereocenters. The molecule has 1 amide bonds. The van der Waals surface area contributed by atoms with Gasteiger partial charge in [-0.3, -0.25) is 4.79 Å². The monoisotopic (exact) mass is 439 g/mol. The molecule has 168 valence electrons. The zero-order valence-electron chi connectivity index (χ0n) is 18.1. The van der Waals surface area contributed by atoms with Gasteiger partial charge in [0.1, 0.15) is 5.76 Å². The van der Waals surface area contributed by atoms with Crippen molar-refractivity contribution in [2.24, 2.45) is 5.92 Å². The zero-order valence-corrected chi connectivity index (χ0v) is 18.9. The molecule has 0 aromatic carbocycles. The molecule has 0 bridgehead atoms. The van der Waals surface area contributed by atoms with Crippen LogP contribution in [0.5, 0.6) is 0 Å². The first-order valence-electron chi connectivity index (χ1n) is 10.9. The summed E-state index contributed by atoms with van der Waals surface area (Å²) in [6.45, 7) is 4.62. The normalized spacial score (nSPS) is 27.5. The summed E-state index contributed by atoms with van der Waals surface area (Å²) in [7, 11) is 0.260. The van der Waals surface area contributed by atoms with Crippen LogP contribution in [0.25, 0.3) is 0 Å². The van der Waals surface area contributed by atoms with E-state index in [9.17, 15) is 13.2 Å². The van der Waals surface area contributed by atoms with Crippen molar-refractivity contribution in [2.45, 2.75) is 57.0 Å². The molecule has 3 heterocycles. The van der Waals surface area contributed by atoms with Crippen molar-refractivity contribution < 1.29 is 17.7 Å². The topological polar surface area (TPSA) is 99.0 Å². The van der Waals surface area contributed by atoms with Crippen LogP contribution in [0.3, 0.4) is 0 Å². The van der Waals surface area contributed by atoms with E-state index in [4.69, 9.17) is 4.52 Å². The molecular weight excluding hydrogens is 406 g/mol. The first-order valence-corrected chi connectivity index (χ1v) is 12.3. The Balaban J connectivity index is 1.33. The lowest BCUT2D eigenvalue weighted by atomic mass is 9.95. The number of hydrogen-bond donors (Lipinski definition) is 1. The van der Waals surface area contributed by atoms with Gasteiger partial charge in [0, 0.05) is 44.2 Å². The van der Waals surface area contributed by atoms with E-state index in [1.807, 2.05) is 6.92 Å². The van der Waals surface area contributed by atoms with Gasteiger partial charge < -0.3 is 14.7 Å². The Morgan fingerprint density at radius 2 is 1.90 bits per heavy atom. The number of carbonyl (C=O) groups excluding carboxylic acids is 1. The molecule has 2 saturated heterocycles. The van der Waals surface area contributed by atoms with Crippen molar-refractivity contribution in [3.8, 4) is 0 Å². The lowest BCUT2D eigenvalue weighted by Gasteiger charge is -2.41. The molecule has 2 atom stereocenters. The van der Waals surface area contributed by atoms with Gasteiger partial charge in [0.05, 0.1) is 0 Å². The second-order valence-corrected chi connectivity index (χ2v) is 11.1. The third kappa shape index (κ3) is 4.56. The SMILES string of the molecule is C[C@H]1CN(S(=O)(=O)N(C)C2CCN(C)CC2)CC[C@H]1NC(=O)c1cc(C2CC2)on1. The zero-order chi connectivity index (χ0) is 21.5. The second kappa shape index (κ2) is 8.57. The second-order valence-electron chi connectivity index (χ2n) is 9.15. The molecule has 3 aliphatic rings. The van der Waals surface area contributed by atoms with Gasteiger partial charge in [-0.2, -0.15) is 17.0 Å². The summed E-state index contributed by atoms with van der Waals surface area (Å²) in [4.78, 5) is 14.8. The molecular formula is C20H33N5O4S. The highest BCUT2D eigenvalue weighted by atomic mass is 32.2. The number of amides is 1. The number of aromatic nitrogens is 1. The van der Waals surface area contributed by atoms with Gasteiger partial charge in [-0.25, -0.2) is 0 Å². The fourth-order valence-electron chi connectivity index (χ4n) is 4.46. The molecule has 1 aromatic heterocycles. The standard InChI is InChI=1S/C20H33N5O4S/c1-14-13-25(30(27,28)24(3)16-6-9-23(2)10-7-16)11-8-17(14)21-20(26)18-12-19(29-22-18)15-4-5-15/h12,14-17H,4-11,13H2,1-3H3,(H,21,26)/t14-,17+/m0/s1. The molecule has 2 aliphatic heterocycles. The van der Waals surface area contributed by atoms with Gasteiger partial charge in [-0.15, -0.1) is 0 Å². The minimum absolute atomic E-state index is 0.0122. The molecule has 30 heavy (non-hydrogen) atoms. The van der Waals surface area contributed by atoms with Crippen LogP contribution >= 0.6 is 0 Å². The van der Waals surface area contributed by atoms with E-state index in [-0.39, 0.29) is 23.9 Å². The Hall–Kier alpha value is -1.49. The molecule has 10 heteroatoms. The minimum atomic E-state index is -3.51. The highest BCUT2D eigenvalue weighted by Gasteiger charge is 2.38. The summed E-state index contributed by atoms with van der Waals surface area (Å²) in [6.07, 6.45) is 4.48. The molecule has 3 fully saturated rings. The first-order chi connectivity index (χ1) is 14.3. The summed E-state index contributed by atoms with van der Waals surface area (Å²) in [5.41, 5.74) is 0.307. The number of nitrogens with zero attached hydrogens (tertiary/aromatic N) is 4. The third-order valence-electron chi connectivity index (χ3n) is 6.82. The van der Waals surface area contributed by atoms with Crippen LogP contribution in [0.1, 0.15) is 61.2 Å². The molecule has 9 nitrogen and oxygen atoms in total. The molecule has 4 rings (SSSR count). The maximum absolute atomic E-state index is 13.2. The van der Waals surface area contributed by atoms with Crippen LogP contribution in [0.15, 0.2) is 10.6 Å².